The molecule has 5 nitrogen and oxygen atoms in total. The quantitative estimate of drug-likeness (QED) is 0.594. The summed E-state index contributed by atoms with van der Waals surface area (Å²) < 4.78 is 0. The molecular weight excluding hydrogens is 132 g/mol. The molecule has 0 amide bonds. The number of azo groups is 2. The number of hydrogen-bond donors (Lipinski definition) is 1. The topological polar surface area (TPSA) is 69.7 Å². The van der Waals surface area contributed by atoms with E-state index in [9.17, 15) is 0 Å². The van der Waals surface area contributed by atoms with Crippen molar-refractivity contribution in [2.45, 2.75) is 19.6 Å². The minimum Gasteiger partial charge on any atom is -0.368 e. The maximum Gasteiger partial charge on any atom is 0.170 e. The van der Waals surface area contributed by atoms with Crippen molar-refractivity contribution < 1.29 is 5.11 Å². The molecule has 0 aliphatic heterocycles. The van der Waals surface area contributed by atoms with E-state index in [0.717, 1.165) is 0 Å². The van der Waals surface area contributed by atoms with Crippen LogP contribution in [0.15, 0.2) is 20.5 Å². The standard InChI is InChI=1S/C5H12N4O/c1-5(2,10)9-8-4-7-6-3/h10H,4H2,1-3H3/b7-6?,9-8+. The van der Waals surface area contributed by atoms with Crippen LogP contribution in [-0.2, 0) is 0 Å². The van der Waals surface area contributed by atoms with Gasteiger partial charge in [-0.2, -0.15) is 20.5 Å². The minimum absolute atomic E-state index is 0.181. The summed E-state index contributed by atoms with van der Waals surface area (Å²) in [6, 6.07) is 0. The molecule has 0 aliphatic carbocycles. The second-order valence-corrected chi connectivity index (χ2v) is 2.22. The van der Waals surface area contributed by atoms with Crippen LogP contribution in [0.25, 0.3) is 0 Å². The molecule has 0 radical (unpaired) electrons. The van der Waals surface area contributed by atoms with E-state index in [1.54, 1.807) is 20.9 Å². The van der Waals surface area contributed by atoms with E-state index in [4.69, 9.17) is 5.11 Å². The van der Waals surface area contributed by atoms with Crippen LogP contribution in [0.3, 0.4) is 0 Å². The van der Waals surface area contributed by atoms with Gasteiger partial charge in [0.05, 0.1) is 0 Å². The molecule has 0 aliphatic rings. The third kappa shape index (κ3) is 7.16. The van der Waals surface area contributed by atoms with Crippen LogP contribution < -0.4 is 0 Å². The van der Waals surface area contributed by atoms with Crippen molar-refractivity contribution in [3.8, 4) is 0 Å². The summed E-state index contributed by atoms with van der Waals surface area (Å²) in [5, 5.41) is 23.0. The highest BCUT2D eigenvalue weighted by Crippen LogP contribution is 2.02. The van der Waals surface area contributed by atoms with Crippen molar-refractivity contribution >= 4 is 0 Å². The predicted molar refractivity (Wildman–Crippen MR) is 36.8 cm³/mol. The lowest BCUT2D eigenvalue weighted by atomic mass is 10.3. The normalized spacial score (nSPS) is 13.6. The molecule has 0 saturated carbocycles. The van der Waals surface area contributed by atoms with Crippen LogP contribution in [0, 0.1) is 0 Å². The van der Waals surface area contributed by atoms with Gasteiger partial charge in [0, 0.05) is 7.05 Å². The Bertz CT molecular complexity index is 135. The SMILES string of the molecule is CN=NC/N=N/C(C)(C)O. The molecule has 0 aromatic carbocycles. The predicted octanol–water partition coefficient (Wildman–Crippen LogP) is 1.21. The van der Waals surface area contributed by atoms with Crippen LogP contribution >= 0.6 is 0 Å². The van der Waals surface area contributed by atoms with Crippen molar-refractivity contribution in [1.82, 2.24) is 0 Å². The van der Waals surface area contributed by atoms with E-state index in [2.05, 4.69) is 20.5 Å². The van der Waals surface area contributed by atoms with Crippen LogP contribution in [0.5, 0.6) is 0 Å². The van der Waals surface area contributed by atoms with Gasteiger partial charge in [-0.3, -0.25) is 0 Å². The maximum atomic E-state index is 8.98. The first-order valence-corrected chi connectivity index (χ1v) is 2.93. The van der Waals surface area contributed by atoms with Crippen molar-refractivity contribution in [3.63, 3.8) is 0 Å². The van der Waals surface area contributed by atoms with E-state index < -0.39 is 5.72 Å². The van der Waals surface area contributed by atoms with E-state index >= 15 is 0 Å². The van der Waals surface area contributed by atoms with Gasteiger partial charge in [-0.05, 0) is 13.8 Å². The molecule has 0 bridgehead atoms. The fourth-order valence-corrected chi connectivity index (χ4v) is 0.296. The van der Waals surface area contributed by atoms with Crippen LogP contribution in [-0.4, -0.2) is 24.5 Å². The maximum absolute atomic E-state index is 8.98. The highest BCUT2D eigenvalue weighted by Gasteiger charge is 2.07. The monoisotopic (exact) mass is 144 g/mol. The molecule has 0 unspecified atom stereocenters. The Kier molecular flexibility index (Phi) is 3.71. The van der Waals surface area contributed by atoms with Crippen molar-refractivity contribution in [3.05, 3.63) is 0 Å². The molecule has 0 aromatic heterocycles. The highest BCUT2D eigenvalue weighted by atomic mass is 16.3. The second-order valence-electron chi connectivity index (χ2n) is 2.22. The lowest BCUT2D eigenvalue weighted by molar-refractivity contribution is 0.0816. The molecule has 58 valence electrons. The molecule has 0 spiro atoms. The summed E-state index contributed by atoms with van der Waals surface area (Å²) in [6.45, 7) is 3.26. The second kappa shape index (κ2) is 4.05. The molecule has 1 N–H and O–H groups in total. The van der Waals surface area contributed by atoms with Gasteiger partial charge in [0.15, 0.2) is 12.4 Å². The zero-order valence-corrected chi connectivity index (χ0v) is 6.44. The lowest BCUT2D eigenvalue weighted by Gasteiger charge is -2.06. The summed E-state index contributed by atoms with van der Waals surface area (Å²) in [5.41, 5.74) is -1.09. The van der Waals surface area contributed by atoms with Gasteiger partial charge in [-0.25, -0.2) is 0 Å². The van der Waals surface area contributed by atoms with E-state index in [1.807, 2.05) is 0 Å². The van der Waals surface area contributed by atoms with Gasteiger partial charge < -0.3 is 5.11 Å². The minimum atomic E-state index is -1.09. The summed E-state index contributed by atoms with van der Waals surface area (Å²) in [5.74, 6) is 0. The fourth-order valence-electron chi connectivity index (χ4n) is 0.296. The van der Waals surface area contributed by atoms with E-state index in [-0.39, 0.29) is 6.67 Å². The largest absolute Gasteiger partial charge is 0.368 e. The van der Waals surface area contributed by atoms with Crippen LogP contribution in [0.1, 0.15) is 13.8 Å². The molecule has 0 aromatic rings. The van der Waals surface area contributed by atoms with Gasteiger partial charge in [0.2, 0.25) is 0 Å². The summed E-state index contributed by atoms with van der Waals surface area (Å²) in [6.07, 6.45) is 0. The van der Waals surface area contributed by atoms with Gasteiger partial charge >= 0.3 is 0 Å². The van der Waals surface area contributed by atoms with Crippen molar-refractivity contribution in [2.24, 2.45) is 20.5 Å². The average molecular weight is 144 g/mol. The van der Waals surface area contributed by atoms with Gasteiger partial charge in [-0.15, -0.1) is 0 Å². The molecule has 0 fully saturated rings. The summed E-state index contributed by atoms with van der Waals surface area (Å²) in [4.78, 5) is 0. The number of hydrogen-bond acceptors (Lipinski definition) is 5. The Labute approximate surface area is 59.9 Å². The third-order valence-corrected chi connectivity index (χ3v) is 0.583. The Balaban J connectivity index is 3.56. The smallest absolute Gasteiger partial charge is 0.170 e. The van der Waals surface area contributed by atoms with Gasteiger partial charge in [-0.1, -0.05) is 0 Å². The molecule has 0 saturated heterocycles. The Hall–Kier alpha value is -0.840. The van der Waals surface area contributed by atoms with Crippen molar-refractivity contribution in [2.75, 3.05) is 13.7 Å². The Morgan fingerprint density at radius 2 is 1.90 bits per heavy atom. The van der Waals surface area contributed by atoms with Gasteiger partial charge in [0.25, 0.3) is 0 Å². The Morgan fingerprint density at radius 3 is 2.30 bits per heavy atom. The first-order chi connectivity index (χ1) is 4.56. The zero-order chi connectivity index (χ0) is 8.04. The van der Waals surface area contributed by atoms with Crippen LogP contribution in [0.2, 0.25) is 0 Å². The summed E-state index contributed by atoms with van der Waals surface area (Å²) >= 11 is 0. The van der Waals surface area contributed by atoms with Gasteiger partial charge in [0.1, 0.15) is 0 Å². The fraction of sp³-hybridized carbons (Fsp3) is 1.00. The highest BCUT2D eigenvalue weighted by molar-refractivity contribution is 4.55. The zero-order valence-electron chi connectivity index (χ0n) is 6.44. The number of aliphatic hydroxyl groups is 1. The first-order valence-electron chi connectivity index (χ1n) is 2.93. The molecule has 0 atom stereocenters. The average Bonchev–Trinajstić information content (AvgIpc) is 1.78. The van der Waals surface area contributed by atoms with Crippen LogP contribution in [0.4, 0.5) is 0 Å². The first kappa shape index (κ1) is 9.16. The third-order valence-electron chi connectivity index (χ3n) is 0.583. The van der Waals surface area contributed by atoms with E-state index in [1.165, 1.54) is 0 Å². The number of nitrogens with zero attached hydrogens (tertiary/aromatic N) is 4. The Morgan fingerprint density at radius 1 is 1.30 bits per heavy atom. The van der Waals surface area contributed by atoms with E-state index in [0.29, 0.717) is 0 Å². The summed E-state index contributed by atoms with van der Waals surface area (Å²) in [7, 11) is 1.56. The molecule has 0 heterocycles. The molecule has 0 rings (SSSR count). The molecular formula is C5H12N4O. The number of rotatable bonds is 3. The molecule has 10 heavy (non-hydrogen) atoms. The lowest BCUT2D eigenvalue weighted by Crippen LogP contribution is -2.13. The molecule has 5 heteroatoms. The van der Waals surface area contributed by atoms with Crippen molar-refractivity contribution in [1.29, 1.82) is 0 Å².